The normalized spacial score (nSPS) is 18.8. The van der Waals surface area contributed by atoms with Gasteiger partial charge in [0.25, 0.3) is 0 Å². The summed E-state index contributed by atoms with van der Waals surface area (Å²) in [6, 6.07) is 19.8. The predicted molar refractivity (Wildman–Crippen MR) is 172 cm³/mol. The summed E-state index contributed by atoms with van der Waals surface area (Å²) < 4.78 is 36.4. The molecule has 0 aliphatic carbocycles. The Bertz CT molecular complexity index is 1610. The Morgan fingerprint density at radius 2 is 1.87 bits per heavy atom. The summed E-state index contributed by atoms with van der Waals surface area (Å²) in [5.74, 6) is -0.264. The molecule has 0 spiro atoms. The molecule has 238 valence electrons. The standard InChI is InChI=1S/C32H34Cl2N3O7P/c1-36(16-2-3-24-4-11-28(12-5-24)44-45(38,39)40)20-25-6-9-27(10-7-25)41-21-29-14-18-42-32(43-29,22-37-17-15-35-23-37)30-13-8-26(33)19-31(30)34/h2-13,15,17,19,23,29H,14,16,18,20-22H2,1H3,(H2,38,39,40)/b3-2+/t29-,32+/m0/s1. The van der Waals surface area contributed by atoms with Gasteiger partial charge in [-0.05, 0) is 54.6 Å². The fourth-order valence-electron chi connectivity index (χ4n) is 4.97. The summed E-state index contributed by atoms with van der Waals surface area (Å²) in [4.78, 5) is 24.1. The number of halogens is 2. The number of imidazole rings is 1. The van der Waals surface area contributed by atoms with Crippen LogP contribution in [0.1, 0.15) is 23.1 Å². The van der Waals surface area contributed by atoms with Crippen molar-refractivity contribution >= 4 is 37.1 Å². The van der Waals surface area contributed by atoms with Crippen LogP contribution in [0, 0.1) is 0 Å². The predicted octanol–water partition coefficient (Wildman–Crippen LogP) is 6.54. The van der Waals surface area contributed by atoms with Crippen molar-refractivity contribution in [3.63, 3.8) is 0 Å². The highest BCUT2D eigenvalue weighted by Crippen LogP contribution is 2.40. The lowest BCUT2D eigenvalue weighted by atomic mass is 10.0. The number of nitrogens with zero attached hydrogens (tertiary/aromatic N) is 3. The topological polar surface area (TPSA) is 116 Å². The number of phosphoric acid groups is 1. The quantitative estimate of drug-likeness (QED) is 0.153. The van der Waals surface area contributed by atoms with Gasteiger partial charge in [-0.3, -0.25) is 14.7 Å². The summed E-state index contributed by atoms with van der Waals surface area (Å²) >= 11 is 12.8. The van der Waals surface area contributed by atoms with Gasteiger partial charge < -0.3 is 23.3 Å². The lowest BCUT2D eigenvalue weighted by Crippen LogP contribution is -2.47. The lowest BCUT2D eigenvalue weighted by molar-refractivity contribution is -0.312. The Labute approximate surface area is 272 Å². The Kier molecular flexibility index (Phi) is 11.0. The van der Waals surface area contributed by atoms with Crippen molar-refractivity contribution in [1.29, 1.82) is 0 Å². The first-order valence-electron chi connectivity index (χ1n) is 14.2. The molecule has 0 bridgehead atoms. The largest absolute Gasteiger partial charge is 0.524 e. The molecular weight excluding hydrogens is 640 g/mol. The van der Waals surface area contributed by atoms with E-state index in [-0.39, 0.29) is 11.9 Å². The average Bonchev–Trinajstić information content (AvgIpc) is 3.50. The molecule has 0 saturated carbocycles. The van der Waals surface area contributed by atoms with E-state index < -0.39 is 13.6 Å². The molecule has 13 heteroatoms. The maximum Gasteiger partial charge on any atom is 0.524 e. The van der Waals surface area contributed by atoms with E-state index in [0.29, 0.717) is 48.3 Å². The molecule has 5 rings (SSSR count). The smallest absolute Gasteiger partial charge is 0.491 e. The molecule has 0 unspecified atom stereocenters. The van der Waals surface area contributed by atoms with E-state index in [1.54, 1.807) is 36.8 Å². The van der Waals surface area contributed by atoms with Gasteiger partial charge in [0.05, 0.1) is 30.6 Å². The van der Waals surface area contributed by atoms with Gasteiger partial charge in [-0.1, -0.05) is 65.7 Å². The van der Waals surface area contributed by atoms with Crippen LogP contribution in [0.2, 0.25) is 10.0 Å². The Hall–Kier alpha value is -3.18. The highest BCUT2D eigenvalue weighted by atomic mass is 35.5. The van der Waals surface area contributed by atoms with E-state index in [4.69, 9.17) is 47.2 Å². The molecular formula is C32H34Cl2N3O7P. The molecule has 2 atom stereocenters. The van der Waals surface area contributed by atoms with Crippen molar-refractivity contribution in [3.05, 3.63) is 118 Å². The van der Waals surface area contributed by atoms with Gasteiger partial charge in [-0.2, -0.15) is 0 Å². The van der Waals surface area contributed by atoms with Crippen LogP contribution in [0.3, 0.4) is 0 Å². The highest BCUT2D eigenvalue weighted by Gasteiger charge is 2.42. The van der Waals surface area contributed by atoms with Crippen LogP contribution >= 0.6 is 31.0 Å². The van der Waals surface area contributed by atoms with Gasteiger partial charge in [-0.15, -0.1) is 0 Å². The van der Waals surface area contributed by atoms with E-state index in [9.17, 15) is 4.57 Å². The lowest BCUT2D eigenvalue weighted by Gasteiger charge is -2.41. The number of benzene rings is 3. The molecule has 0 radical (unpaired) electrons. The number of rotatable bonds is 13. The second-order valence-corrected chi connectivity index (χ2v) is 12.7. The van der Waals surface area contributed by atoms with Crippen LogP contribution in [0.25, 0.3) is 6.08 Å². The monoisotopic (exact) mass is 673 g/mol. The van der Waals surface area contributed by atoms with Gasteiger partial charge in [0, 0.05) is 42.5 Å². The van der Waals surface area contributed by atoms with Crippen molar-refractivity contribution < 1.29 is 33.1 Å². The molecule has 1 aliphatic rings. The van der Waals surface area contributed by atoms with Gasteiger partial charge in [-0.25, -0.2) is 9.55 Å². The van der Waals surface area contributed by atoms with Crippen molar-refractivity contribution in [2.75, 3.05) is 26.8 Å². The molecule has 4 aromatic rings. The Morgan fingerprint density at radius 3 is 2.56 bits per heavy atom. The Balaban J connectivity index is 1.13. The third-order valence-corrected chi connectivity index (χ3v) is 8.06. The number of aromatic nitrogens is 2. The third kappa shape index (κ3) is 9.66. The van der Waals surface area contributed by atoms with E-state index in [0.717, 1.165) is 23.4 Å². The van der Waals surface area contributed by atoms with E-state index >= 15 is 0 Å². The number of ether oxygens (including phenoxy) is 3. The minimum atomic E-state index is -4.56. The maximum absolute atomic E-state index is 11.0. The van der Waals surface area contributed by atoms with Gasteiger partial charge in [0.2, 0.25) is 5.79 Å². The van der Waals surface area contributed by atoms with Crippen molar-refractivity contribution in [2.45, 2.75) is 31.4 Å². The highest BCUT2D eigenvalue weighted by molar-refractivity contribution is 7.46. The molecule has 1 fully saturated rings. The van der Waals surface area contributed by atoms with Crippen LogP contribution in [0.15, 0.2) is 91.5 Å². The summed E-state index contributed by atoms with van der Waals surface area (Å²) in [7, 11) is -2.54. The summed E-state index contributed by atoms with van der Waals surface area (Å²) in [5, 5.41) is 0.995. The molecule has 2 N–H and O–H groups in total. The summed E-state index contributed by atoms with van der Waals surface area (Å²) in [6.45, 7) is 2.62. The van der Waals surface area contributed by atoms with Crippen molar-refractivity contribution in [1.82, 2.24) is 14.5 Å². The minimum Gasteiger partial charge on any atom is -0.491 e. The first-order chi connectivity index (χ1) is 21.6. The summed E-state index contributed by atoms with van der Waals surface area (Å²) in [5.41, 5.74) is 2.73. The van der Waals surface area contributed by atoms with Crippen LogP contribution in [-0.4, -0.2) is 57.1 Å². The van der Waals surface area contributed by atoms with E-state index in [1.165, 1.54) is 12.1 Å². The van der Waals surface area contributed by atoms with E-state index in [2.05, 4.69) is 14.4 Å². The third-order valence-electron chi connectivity index (χ3n) is 7.07. The molecule has 3 aromatic carbocycles. The zero-order chi connectivity index (χ0) is 31.9. The van der Waals surface area contributed by atoms with Crippen LogP contribution < -0.4 is 9.26 Å². The number of phosphoric ester groups is 1. The Morgan fingerprint density at radius 1 is 1.11 bits per heavy atom. The SMILES string of the molecule is CN(C/C=C/c1ccc(OP(=O)(O)O)cc1)Cc1ccc(OC[C@@H]2CCO[C@@](Cn3ccnc3)(c3ccc(Cl)cc3Cl)O2)cc1. The molecule has 45 heavy (non-hydrogen) atoms. The second kappa shape index (κ2) is 14.9. The molecule has 0 amide bonds. The first-order valence-corrected chi connectivity index (χ1v) is 16.5. The average molecular weight is 675 g/mol. The first kappa shape index (κ1) is 33.2. The number of hydrogen-bond donors (Lipinski definition) is 2. The zero-order valence-corrected chi connectivity index (χ0v) is 26.9. The maximum atomic E-state index is 11.0. The second-order valence-electron chi connectivity index (χ2n) is 10.7. The molecule has 1 saturated heterocycles. The van der Waals surface area contributed by atoms with Gasteiger partial charge in [0.1, 0.15) is 18.1 Å². The molecule has 2 heterocycles. The molecule has 1 aliphatic heterocycles. The summed E-state index contributed by atoms with van der Waals surface area (Å²) in [6.07, 6.45) is 9.66. The van der Waals surface area contributed by atoms with Crippen LogP contribution in [0.5, 0.6) is 11.5 Å². The fourth-order valence-corrected chi connectivity index (χ4v) is 5.91. The molecule has 1 aromatic heterocycles. The molecule has 10 nitrogen and oxygen atoms in total. The number of hydrogen-bond acceptors (Lipinski definition) is 7. The number of likely N-dealkylation sites (N-methyl/N-ethyl adjacent to an activating group) is 1. The van der Waals surface area contributed by atoms with Gasteiger partial charge in [0.15, 0.2) is 0 Å². The van der Waals surface area contributed by atoms with E-state index in [1.807, 2.05) is 60.3 Å². The van der Waals surface area contributed by atoms with Crippen LogP contribution in [0.4, 0.5) is 0 Å². The van der Waals surface area contributed by atoms with Crippen molar-refractivity contribution in [2.24, 2.45) is 0 Å². The fraction of sp³-hybridized carbons (Fsp3) is 0.281. The van der Waals surface area contributed by atoms with Gasteiger partial charge >= 0.3 is 7.82 Å². The van der Waals surface area contributed by atoms with Crippen LogP contribution in [-0.2, 0) is 32.9 Å². The minimum absolute atomic E-state index is 0.117. The van der Waals surface area contributed by atoms with Crippen molar-refractivity contribution in [3.8, 4) is 11.5 Å². The zero-order valence-electron chi connectivity index (χ0n) is 24.5.